The summed E-state index contributed by atoms with van der Waals surface area (Å²) in [5.74, 6) is 1.81. The van der Waals surface area contributed by atoms with E-state index >= 15 is 0 Å². The molecule has 196 valence electrons. The van der Waals surface area contributed by atoms with E-state index in [2.05, 4.69) is 37.6 Å². The summed E-state index contributed by atoms with van der Waals surface area (Å²) in [5, 5.41) is 5.46. The SMILES string of the molecule is Cn1ccc2cc(N3CCC4(C=C(c5c(-c6ccccc6OC(F)(F)F)noc5C5CC5)C4)CC3)ncc21. The number of aromatic nitrogens is 3. The van der Waals surface area contributed by atoms with E-state index in [0.29, 0.717) is 11.3 Å². The Bertz CT molecular complexity index is 1560. The van der Waals surface area contributed by atoms with Crippen LogP contribution in [0.3, 0.4) is 0 Å². The maximum absolute atomic E-state index is 13.1. The number of nitrogens with zero attached hydrogens (tertiary/aromatic N) is 4. The summed E-state index contributed by atoms with van der Waals surface area (Å²) in [5.41, 5.74) is 3.91. The van der Waals surface area contributed by atoms with Crippen molar-refractivity contribution in [2.45, 2.75) is 44.4 Å². The van der Waals surface area contributed by atoms with Gasteiger partial charge in [0.25, 0.3) is 0 Å². The van der Waals surface area contributed by atoms with Gasteiger partial charge in [-0.1, -0.05) is 23.4 Å². The first-order valence-corrected chi connectivity index (χ1v) is 13.0. The Morgan fingerprint density at radius 1 is 1.11 bits per heavy atom. The molecule has 3 aliphatic rings. The minimum atomic E-state index is -4.78. The lowest BCUT2D eigenvalue weighted by Crippen LogP contribution is -2.42. The lowest BCUT2D eigenvalue weighted by Gasteiger charge is -2.46. The molecule has 9 heteroatoms. The topological polar surface area (TPSA) is 56.3 Å². The van der Waals surface area contributed by atoms with Gasteiger partial charge >= 0.3 is 6.36 Å². The first-order chi connectivity index (χ1) is 18.3. The first-order valence-electron chi connectivity index (χ1n) is 13.0. The standard InChI is InChI=1S/C29H27F3N4O2/c1-35-11-8-19-14-24(33-17-22(19)35)36-12-9-28(10-13-36)15-20(16-28)25-26(34-38-27(25)18-6-7-18)21-4-2-3-5-23(21)37-29(30,31)32/h2-5,8,11,14-15,17-18H,6-7,9-10,12-13,16H2,1H3. The average Bonchev–Trinajstić information content (AvgIpc) is 3.53. The molecule has 1 saturated carbocycles. The van der Waals surface area contributed by atoms with E-state index in [0.717, 1.165) is 73.4 Å². The van der Waals surface area contributed by atoms with E-state index in [1.807, 2.05) is 19.4 Å². The average molecular weight is 521 g/mol. The molecule has 1 saturated heterocycles. The molecule has 0 N–H and O–H groups in total. The van der Waals surface area contributed by atoms with Gasteiger partial charge in [-0.05, 0) is 67.4 Å². The van der Waals surface area contributed by atoms with Crippen molar-refractivity contribution in [3.63, 3.8) is 0 Å². The first kappa shape index (κ1) is 23.4. The van der Waals surface area contributed by atoms with E-state index < -0.39 is 6.36 Å². The Kier molecular flexibility index (Phi) is 5.15. The van der Waals surface area contributed by atoms with Crippen LogP contribution in [-0.2, 0) is 7.05 Å². The summed E-state index contributed by atoms with van der Waals surface area (Å²) in [6, 6.07) is 10.4. The highest BCUT2D eigenvalue weighted by molar-refractivity contribution is 5.86. The predicted octanol–water partition coefficient (Wildman–Crippen LogP) is 7.08. The number of piperidine rings is 1. The van der Waals surface area contributed by atoms with Gasteiger partial charge in [-0.2, -0.15) is 0 Å². The molecule has 7 rings (SSSR count). The molecule has 38 heavy (non-hydrogen) atoms. The van der Waals surface area contributed by atoms with Gasteiger partial charge in [-0.3, -0.25) is 0 Å². The number of fused-ring (bicyclic) bond motifs is 1. The molecule has 4 aromatic rings. The van der Waals surface area contributed by atoms with Gasteiger partial charge in [0.1, 0.15) is 23.0 Å². The molecule has 6 nitrogen and oxygen atoms in total. The van der Waals surface area contributed by atoms with Gasteiger partial charge in [0, 0.05) is 48.8 Å². The van der Waals surface area contributed by atoms with Crippen LogP contribution < -0.4 is 9.64 Å². The third kappa shape index (κ3) is 4.04. The summed E-state index contributed by atoms with van der Waals surface area (Å²) in [7, 11) is 2.02. The van der Waals surface area contributed by atoms with Crippen LogP contribution in [0.15, 0.2) is 59.4 Å². The molecule has 0 bridgehead atoms. The van der Waals surface area contributed by atoms with Gasteiger partial charge in [-0.25, -0.2) is 4.98 Å². The van der Waals surface area contributed by atoms with Crippen LogP contribution in [0.4, 0.5) is 19.0 Å². The van der Waals surface area contributed by atoms with Crippen molar-refractivity contribution >= 4 is 22.3 Å². The second kappa shape index (κ2) is 8.38. The minimum absolute atomic E-state index is 0.0834. The second-order valence-electron chi connectivity index (χ2n) is 10.8. The number of alkyl halides is 3. The maximum atomic E-state index is 13.1. The van der Waals surface area contributed by atoms with Crippen molar-refractivity contribution in [1.29, 1.82) is 0 Å². The maximum Gasteiger partial charge on any atom is 0.573 e. The van der Waals surface area contributed by atoms with Gasteiger partial charge < -0.3 is 18.7 Å². The third-order valence-electron chi connectivity index (χ3n) is 8.22. The lowest BCUT2D eigenvalue weighted by atomic mass is 9.63. The zero-order valence-electron chi connectivity index (χ0n) is 21.0. The Balaban J connectivity index is 1.15. The number of benzene rings is 1. The predicted molar refractivity (Wildman–Crippen MR) is 138 cm³/mol. The van der Waals surface area contributed by atoms with Gasteiger partial charge in [0.2, 0.25) is 0 Å². The van der Waals surface area contributed by atoms with Crippen LogP contribution in [0.5, 0.6) is 5.75 Å². The molecular weight excluding hydrogens is 493 g/mol. The molecule has 0 amide bonds. The van der Waals surface area contributed by atoms with E-state index in [1.54, 1.807) is 12.1 Å². The number of allylic oxidation sites excluding steroid dienone is 2. The van der Waals surface area contributed by atoms with E-state index in [1.165, 1.54) is 17.5 Å². The monoisotopic (exact) mass is 520 g/mol. The molecule has 2 fully saturated rings. The van der Waals surface area contributed by atoms with Crippen molar-refractivity contribution in [3.05, 3.63) is 66.2 Å². The van der Waals surface area contributed by atoms with Crippen LogP contribution >= 0.6 is 0 Å². The van der Waals surface area contributed by atoms with Crippen molar-refractivity contribution < 1.29 is 22.4 Å². The number of hydrogen-bond donors (Lipinski definition) is 0. The van der Waals surface area contributed by atoms with Crippen LogP contribution in [0.2, 0.25) is 0 Å². The molecular formula is C29H27F3N4O2. The van der Waals surface area contributed by atoms with E-state index in [4.69, 9.17) is 9.51 Å². The van der Waals surface area contributed by atoms with Gasteiger partial charge in [0.15, 0.2) is 0 Å². The molecule has 1 aliphatic heterocycles. The number of ether oxygens (including phenoxy) is 1. The quantitative estimate of drug-likeness (QED) is 0.282. The highest BCUT2D eigenvalue weighted by Crippen LogP contribution is 2.56. The zero-order valence-corrected chi connectivity index (χ0v) is 21.0. The molecule has 0 atom stereocenters. The fraction of sp³-hybridized carbons (Fsp3) is 0.379. The zero-order chi connectivity index (χ0) is 26.1. The molecule has 4 heterocycles. The molecule has 3 aromatic heterocycles. The van der Waals surface area contributed by atoms with E-state index in [9.17, 15) is 13.2 Å². The normalized spacial score (nSPS) is 19.1. The number of halogens is 3. The third-order valence-corrected chi connectivity index (χ3v) is 8.22. The molecule has 0 radical (unpaired) electrons. The Labute approximate surface area is 217 Å². The van der Waals surface area contributed by atoms with Gasteiger partial charge in [0.05, 0.1) is 11.7 Å². The molecule has 0 unspecified atom stereocenters. The largest absolute Gasteiger partial charge is 0.573 e. The van der Waals surface area contributed by atoms with Crippen molar-refractivity contribution in [2.75, 3.05) is 18.0 Å². The fourth-order valence-electron chi connectivity index (χ4n) is 6.01. The Morgan fingerprint density at radius 2 is 1.87 bits per heavy atom. The van der Waals surface area contributed by atoms with Gasteiger partial charge in [-0.15, -0.1) is 13.2 Å². The van der Waals surface area contributed by atoms with Crippen molar-refractivity contribution in [2.24, 2.45) is 12.5 Å². The summed E-state index contributed by atoms with van der Waals surface area (Å²) < 4.78 is 51.5. The number of aryl methyl sites for hydroxylation is 1. The summed E-state index contributed by atoms with van der Waals surface area (Å²) in [4.78, 5) is 7.05. The van der Waals surface area contributed by atoms with Crippen molar-refractivity contribution in [3.8, 4) is 17.0 Å². The minimum Gasteiger partial charge on any atom is -0.405 e. The molecule has 1 spiro atoms. The highest BCUT2D eigenvalue weighted by atomic mass is 19.4. The lowest BCUT2D eigenvalue weighted by molar-refractivity contribution is -0.274. The fourth-order valence-corrected chi connectivity index (χ4v) is 6.01. The highest BCUT2D eigenvalue weighted by Gasteiger charge is 2.44. The Morgan fingerprint density at radius 3 is 2.61 bits per heavy atom. The summed E-state index contributed by atoms with van der Waals surface area (Å²) >= 11 is 0. The second-order valence-corrected chi connectivity index (χ2v) is 10.8. The van der Waals surface area contributed by atoms with Crippen LogP contribution in [0.25, 0.3) is 27.7 Å². The number of pyridine rings is 1. The molecule has 1 aromatic carbocycles. The Hall–Kier alpha value is -3.75. The number of rotatable bonds is 5. The number of para-hydroxylation sites is 1. The van der Waals surface area contributed by atoms with Crippen LogP contribution in [-0.4, -0.2) is 34.2 Å². The summed E-state index contributed by atoms with van der Waals surface area (Å²) in [6.45, 7) is 1.81. The van der Waals surface area contributed by atoms with Crippen molar-refractivity contribution in [1.82, 2.24) is 14.7 Å². The van der Waals surface area contributed by atoms with Crippen LogP contribution in [0.1, 0.15) is 49.3 Å². The smallest absolute Gasteiger partial charge is 0.405 e. The number of anilines is 1. The van der Waals surface area contributed by atoms with Crippen LogP contribution in [0, 0.1) is 5.41 Å². The molecule has 2 aliphatic carbocycles. The number of hydrogen-bond acceptors (Lipinski definition) is 5. The van der Waals surface area contributed by atoms with E-state index in [-0.39, 0.29) is 17.1 Å². The summed E-state index contributed by atoms with van der Waals surface area (Å²) in [6.07, 6.45) is 6.38.